The molecule has 1 rings (SSSR count). The van der Waals surface area contributed by atoms with Gasteiger partial charge in [0.15, 0.2) is 0 Å². The van der Waals surface area contributed by atoms with Crippen LogP contribution in [0.25, 0.3) is 0 Å². The van der Waals surface area contributed by atoms with Gasteiger partial charge in [0.05, 0.1) is 0 Å². The summed E-state index contributed by atoms with van der Waals surface area (Å²) in [5.41, 5.74) is 2.92. The Bertz CT molecular complexity index is 390. The second kappa shape index (κ2) is 6.80. The summed E-state index contributed by atoms with van der Waals surface area (Å²) < 4.78 is 0. The standard InChI is InChI=1S/C14H20BrNO/c1-4-5-12(15)9-16-14(17)13-8-10(2)6-7-11(13)3/h6-8,12H,4-5,9H2,1-3H3,(H,16,17). The molecule has 0 saturated heterocycles. The maximum atomic E-state index is 12.0. The van der Waals surface area contributed by atoms with E-state index in [0.29, 0.717) is 11.4 Å². The van der Waals surface area contributed by atoms with Gasteiger partial charge in [0.2, 0.25) is 0 Å². The van der Waals surface area contributed by atoms with Crippen molar-refractivity contribution < 1.29 is 4.79 Å². The van der Waals surface area contributed by atoms with E-state index in [9.17, 15) is 4.79 Å². The Morgan fingerprint density at radius 2 is 2.12 bits per heavy atom. The van der Waals surface area contributed by atoms with E-state index in [-0.39, 0.29) is 5.91 Å². The van der Waals surface area contributed by atoms with Gasteiger partial charge >= 0.3 is 0 Å². The minimum absolute atomic E-state index is 0.0201. The van der Waals surface area contributed by atoms with Crippen LogP contribution in [0.2, 0.25) is 0 Å². The maximum Gasteiger partial charge on any atom is 0.251 e. The first-order chi connectivity index (χ1) is 8.04. The number of benzene rings is 1. The van der Waals surface area contributed by atoms with Crippen molar-refractivity contribution in [3.63, 3.8) is 0 Å². The lowest BCUT2D eigenvalue weighted by atomic mass is 10.1. The molecule has 0 saturated carbocycles. The van der Waals surface area contributed by atoms with Crippen molar-refractivity contribution in [3.05, 3.63) is 34.9 Å². The van der Waals surface area contributed by atoms with Crippen LogP contribution in [0.4, 0.5) is 0 Å². The number of carbonyl (C=O) groups is 1. The third-order valence-electron chi connectivity index (χ3n) is 2.72. The Balaban J connectivity index is 2.61. The summed E-state index contributed by atoms with van der Waals surface area (Å²) in [6.45, 7) is 6.79. The van der Waals surface area contributed by atoms with Crippen molar-refractivity contribution in [1.29, 1.82) is 0 Å². The Hall–Kier alpha value is -0.830. The lowest BCUT2D eigenvalue weighted by molar-refractivity contribution is 0.0953. The molecule has 0 bridgehead atoms. The van der Waals surface area contributed by atoms with Gasteiger partial charge in [0.1, 0.15) is 0 Å². The minimum atomic E-state index is 0.0201. The first-order valence-electron chi connectivity index (χ1n) is 6.04. The molecule has 3 heteroatoms. The van der Waals surface area contributed by atoms with Crippen LogP contribution in [0.3, 0.4) is 0 Å². The lowest BCUT2D eigenvalue weighted by Gasteiger charge is -2.11. The molecular weight excluding hydrogens is 278 g/mol. The fourth-order valence-corrected chi connectivity index (χ4v) is 2.31. The van der Waals surface area contributed by atoms with Crippen molar-refractivity contribution in [2.75, 3.05) is 6.54 Å². The molecule has 0 aliphatic heterocycles. The van der Waals surface area contributed by atoms with Crippen molar-refractivity contribution >= 4 is 21.8 Å². The van der Waals surface area contributed by atoms with Crippen molar-refractivity contribution in [2.45, 2.75) is 38.4 Å². The largest absolute Gasteiger partial charge is 0.351 e. The summed E-state index contributed by atoms with van der Waals surface area (Å²) in [7, 11) is 0. The highest BCUT2D eigenvalue weighted by molar-refractivity contribution is 9.09. The van der Waals surface area contributed by atoms with Crippen LogP contribution in [-0.2, 0) is 0 Å². The maximum absolute atomic E-state index is 12.0. The van der Waals surface area contributed by atoms with E-state index >= 15 is 0 Å². The summed E-state index contributed by atoms with van der Waals surface area (Å²) in [5, 5.41) is 2.97. The van der Waals surface area contributed by atoms with E-state index in [1.54, 1.807) is 0 Å². The number of nitrogens with one attached hydrogen (secondary N) is 1. The van der Waals surface area contributed by atoms with Crippen LogP contribution in [0.1, 0.15) is 41.3 Å². The molecule has 17 heavy (non-hydrogen) atoms. The number of alkyl halides is 1. The van der Waals surface area contributed by atoms with E-state index in [1.165, 1.54) is 0 Å². The van der Waals surface area contributed by atoms with Crippen LogP contribution in [0.5, 0.6) is 0 Å². The highest BCUT2D eigenvalue weighted by Crippen LogP contribution is 2.11. The van der Waals surface area contributed by atoms with E-state index in [0.717, 1.165) is 29.5 Å². The van der Waals surface area contributed by atoms with Crippen molar-refractivity contribution in [2.24, 2.45) is 0 Å². The van der Waals surface area contributed by atoms with Gasteiger partial charge < -0.3 is 5.32 Å². The van der Waals surface area contributed by atoms with Gasteiger partial charge in [-0.1, -0.05) is 47.0 Å². The van der Waals surface area contributed by atoms with Gasteiger partial charge in [-0.3, -0.25) is 4.79 Å². The molecular formula is C14H20BrNO. The van der Waals surface area contributed by atoms with Gasteiger partial charge in [0, 0.05) is 16.9 Å². The molecule has 0 fully saturated rings. The average molecular weight is 298 g/mol. The number of hydrogen-bond acceptors (Lipinski definition) is 1. The average Bonchev–Trinajstić information content (AvgIpc) is 2.29. The zero-order valence-electron chi connectivity index (χ0n) is 10.7. The van der Waals surface area contributed by atoms with Gasteiger partial charge in [-0.2, -0.15) is 0 Å². The van der Waals surface area contributed by atoms with Crippen LogP contribution >= 0.6 is 15.9 Å². The quantitative estimate of drug-likeness (QED) is 0.827. The molecule has 1 N–H and O–H groups in total. The second-order valence-corrected chi connectivity index (χ2v) is 5.71. The molecule has 1 aromatic carbocycles. The zero-order chi connectivity index (χ0) is 12.8. The third kappa shape index (κ3) is 4.50. The fourth-order valence-electron chi connectivity index (χ4n) is 1.69. The molecule has 0 aromatic heterocycles. The summed E-state index contributed by atoms with van der Waals surface area (Å²) in [4.78, 5) is 12.4. The second-order valence-electron chi connectivity index (χ2n) is 4.41. The molecule has 0 aliphatic carbocycles. The summed E-state index contributed by atoms with van der Waals surface area (Å²) in [6.07, 6.45) is 2.20. The number of carbonyl (C=O) groups excluding carboxylic acids is 1. The molecule has 1 atom stereocenters. The molecule has 0 radical (unpaired) electrons. The van der Waals surface area contributed by atoms with Crippen LogP contribution in [0, 0.1) is 13.8 Å². The SMILES string of the molecule is CCCC(Br)CNC(=O)c1cc(C)ccc1C. The van der Waals surface area contributed by atoms with E-state index in [4.69, 9.17) is 0 Å². The Morgan fingerprint density at radius 3 is 2.76 bits per heavy atom. The predicted molar refractivity (Wildman–Crippen MR) is 75.9 cm³/mol. The summed E-state index contributed by atoms with van der Waals surface area (Å²) >= 11 is 3.56. The summed E-state index contributed by atoms with van der Waals surface area (Å²) in [6, 6.07) is 5.95. The Morgan fingerprint density at radius 1 is 1.41 bits per heavy atom. The van der Waals surface area contributed by atoms with Crippen molar-refractivity contribution in [3.8, 4) is 0 Å². The van der Waals surface area contributed by atoms with Crippen LogP contribution in [-0.4, -0.2) is 17.3 Å². The van der Waals surface area contributed by atoms with Crippen molar-refractivity contribution in [1.82, 2.24) is 5.32 Å². The number of hydrogen-bond donors (Lipinski definition) is 1. The highest BCUT2D eigenvalue weighted by Gasteiger charge is 2.10. The topological polar surface area (TPSA) is 29.1 Å². The molecule has 1 unspecified atom stereocenters. The van der Waals surface area contributed by atoms with Crippen LogP contribution < -0.4 is 5.32 Å². The number of aryl methyl sites for hydroxylation is 2. The van der Waals surface area contributed by atoms with Gasteiger partial charge in [-0.15, -0.1) is 0 Å². The zero-order valence-corrected chi connectivity index (χ0v) is 12.3. The third-order valence-corrected chi connectivity index (χ3v) is 3.51. The number of amides is 1. The highest BCUT2D eigenvalue weighted by atomic mass is 79.9. The molecule has 0 heterocycles. The monoisotopic (exact) mass is 297 g/mol. The van der Waals surface area contributed by atoms with E-state index in [1.807, 2.05) is 32.0 Å². The molecule has 94 valence electrons. The number of rotatable bonds is 5. The molecule has 0 spiro atoms. The lowest BCUT2D eigenvalue weighted by Crippen LogP contribution is -2.30. The van der Waals surface area contributed by atoms with E-state index < -0.39 is 0 Å². The molecule has 2 nitrogen and oxygen atoms in total. The normalized spacial score (nSPS) is 12.2. The van der Waals surface area contributed by atoms with Gasteiger partial charge in [0.25, 0.3) is 5.91 Å². The van der Waals surface area contributed by atoms with Gasteiger partial charge in [-0.25, -0.2) is 0 Å². The first-order valence-corrected chi connectivity index (χ1v) is 6.95. The Labute approximate surface area is 112 Å². The summed E-state index contributed by atoms with van der Waals surface area (Å²) in [5.74, 6) is 0.0201. The minimum Gasteiger partial charge on any atom is -0.351 e. The smallest absolute Gasteiger partial charge is 0.251 e. The molecule has 1 aromatic rings. The predicted octanol–water partition coefficient (Wildman–Crippen LogP) is 3.60. The van der Waals surface area contributed by atoms with Gasteiger partial charge in [-0.05, 0) is 31.9 Å². The molecule has 1 amide bonds. The Kier molecular flexibility index (Phi) is 5.69. The molecule has 0 aliphatic rings. The first kappa shape index (κ1) is 14.2. The fraction of sp³-hybridized carbons (Fsp3) is 0.500. The van der Waals surface area contributed by atoms with Crippen LogP contribution in [0.15, 0.2) is 18.2 Å². The van der Waals surface area contributed by atoms with E-state index in [2.05, 4.69) is 28.2 Å². The number of halogens is 1.